The molecule has 2 heterocycles. The highest BCUT2D eigenvalue weighted by atomic mass is 32.1. The zero-order valence-electron chi connectivity index (χ0n) is 17.1. The number of halogens is 3. The first-order valence-corrected chi connectivity index (χ1v) is 10.1. The Morgan fingerprint density at radius 3 is 2.41 bits per heavy atom. The van der Waals surface area contributed by atoms with Crippen LogP contribution < -0.4 is 14.5 Å². The van der Waals surface area contributed by atoms with E-state index < -0.39 is 28.7 Å². The fourth-order valence-electron chi connectivity index (χ4n) is 3.50. The molecule has 0 bridgehead atoms. The van der Waals surface area contributed by atoms with Gasteiger partial charge in [-0.3, -0.25) is 9.69 Å². The molecule has 0 saturated carbocycles. The molecular weight excluding hydrogens is 443 g/mol. The normalized spacial score (nSPS) is 19.8. The maximum atomic E-state index is 13.4. The Kier molecular flexibility index (Phi) is 5.35. The van der Waals surface area contributed by atoms with Crippen LogP contribution in [0.4, 0.5) is 24.5 Å². The molecule has 2 aliphatic rings. The Labute approximate surface area is 187 Å². The molecule has 4 rings (SSSR count). The van der Waals surface area contributed by atoms with Crippen LogP contribution in [0.2, 0.25) is 0 Å². The zero-order chi connectivity index (χ0) is 23.3. The van der Waals surface area contributed by atoms with Gasteiger partial charge in [-0.25, -0.2) is 0 Å². The number of carbonyl (C=O) groups is 1. The van der Waals surface area contributed by atoms with Gasteiger partial charge in [0, 0.05) is 5.69 Å². The number of nitrogens with zero attached hydrogens (tertiary/aromatic N) is 3. The summed E-state index contributed by atoms with van der Waals surface area (Å²) in [5.74, 6) is 0.142. The van der Waals surface area contributed by atoms with Gasteiger partial charge in [-0.2, -0.15) is 18.4 Å². The van der Waals surface area contributed by atoms with E-state index in [0.29, 0.717) is 24.7 Å². The average Bonchev–Trinajstić information content (AvgIpc) is 3.54. The molecule has 1 atom stereocenters. The summed E-state index contributed by atoms with van der Waals surface area (Å²) in [5, 5.41) is 9.07. The van der Waals surface area contributed by atoms with Crippen LogP contribution in [0.3, 0.4) is 0 Å². The summed E-state index contributed by atoms with van der Waals surface area (Å²) < 4.78 is 51.0. The van der Waals surface area contributed by atoms with Crippen LogP contribution in [0, 0.1) is 11.3 Å². The quantitative estimate of drug-likeness (QED) is 0.489. The second kappa shape index (κ2) is 7.76. The van der Waals surface area contributed by atoms with Crippen molar-refractivity contribution in [2.45, 2.75) is 31.7 Å². The van der Waals surface area contributed by atoms with Crippen molar-refractivity contribution in [3.63, 3.8) is 0 Å². The van der Waals surface area contributed by atoms with Gasteiger partial charge in [-0.15, -0.1) is 0 Å². The van der Waals surface area contributed by atoms with E-state index in [1.165, 1.54) is 12.1 Å². The molecule has 6 nitrogen and oxygen atoms in total. The smallest absolute Gasteiger partial charge is 0.417 e. The summed E-state index contributed by atoms with van der Waals surface area (Å²) >= 11 is 5.51. The van der Waals surface area contributed by atoms with Gasteiger partial charge in [0.1, 0.15) is 24.0 Å². The largest absolute Gasteiger partial charge is 0.491 e. The number of carbonyl (C=O) groups excluding carboxylic acids is 1. The van der Waals surface area contributed by atoms with E-state index >= 15 is 0 Å². The number of nitriles is 1. The summed E-state index contributed by atoms with van der Waals surface area (Å²) in [6.07, 6.45) is -4.64. The fourth-order valence-corrected chi connectivity index (χ4v) is 4.03. The van der Waals surface area contributed by atoms with Gasteiger partial charge < -0.3 is 14.4 Å². The lowest BCUT2D eigenvalue weighted by atomic mass is 10.0. The number of thiocarbonyl (C=S) groups is 1. The second-order valence-corrected chi connectivity index (χ2v) is 8.28. The van der Waals surface area contributed by atoms with Gasteiger partial charge in [-0.05, 0) is 68.5 Å². The number of rotatable bonds is 5. The predicted octanol–water partition coefficient (Wildman–Crippen LogP) is 4.27. The second-order valence-electron chi connectivity index (χ2n) is 7.92. The van der Waals surface area contributed by atoms with Crippen molar-refractivity contribution < 1.29 is 27.4 Å². The number of epoxide rings is 1. The third kappa shape index (κ3) is 3.89. The fraction of sp³-hybridized carbons (Fsp3) is 0.318. The van der Waals surface area contributed by atoms with Crippen molar-refractivity contribution in [3.8, 4) is 11.8 Å². The summed E-state index contributed by atoms with van der Waals surface area (Å²) in [5.41, 5.74) is -2.25. The molecule has 2 aromatic carbocycles. The molecule has 0 radical (unpaired) electrons. The van der Waals surface area contributed by atoms with Crippen molar-refractivity contribution in [1.29, 1.82) is 5.26 Å². The lowest BCUT2D eigenvalue weighted by Gasteiger charge is -2.29. The van der Waals surface area contributed by atoms with Gasteiger partial charge in [0.25, 0.3) is 5.91 Å². The van der Waals surface area contributed by atoms with Crippen LogP contribution >= 0.6 is 12.2 Å². The number of alkyl halides is 3. The van der Waals surface area contributed by atoms with Crippen LogP contribution in [0.1, 0.15) is 25.0 Å². The van der Waals surface area contributed by atoms with E-state index in [-0.39, 0.29) is 16.9 Å². The van der Waals surface area contributed by atoms with E-state index in [0.717, 1.165) is 17.0 Å². The standard InChI is InChI=1S/C22H18F3N3O3S/c1-21(2)19(29)27(15-4-3-13(10-26)18(9-15)22(23,24)25)20(32)28(21)14-5-7-16(8-6-14)30-11-17-12-31-17/h3-9,17H,11-12H2,1-2H3. The minimum Gasteiger partial charge on any atom is -0.491 e. The molecular formula is C22H18F3N3O3S. The molecule has 0 aromatic heterocycles. The molecule has 1 amide bonds. The first kappa shape index (κ1) is 22.0. The maximum absolute atomic E-state index is 13.4. The molecule has 1 unspecified atom stereocenters. The summed E-state index contributed by atoms with van der Waals surface area (Å²) in [7, 11) is 0. The number of amides is 1. The van der Waals surface area contributed by atoms with E-state index in [1.807, 2.05) is 0 Å². The highest BCUT2D eigenvalue weighted by Gasteiger charge is 2.50. The Bertz CT molecular complexity index is 1120. The van der Waals surface area contributed by atoms with E-state index in [4.69, 9.17) is 27.0 Å². The summed E-state index contributed by atoms with van der Waals surface area (Å²) in [6.45, 7) is 4.41. The molecule has 32 heavy (non-hydrogen) atoms. The average molecular weight is 461 g/mol. The van der Waals surface area contributed by atoms with Gasteiger partial charge in [0.15, 0.2) is 5.11 Å². The molecule has 2 aromatic rings. The molecule has 2 fully saturated rings. The van der Waals surface area contributed by atoms with Crippen molar-refractivity contribution in [2.24, 2.45) is 0 Å². The number of hydrogen-bond donors (Lipinski definition) is 0. The van der Waals surface area contributed by atoms with Gasteiger partial charge in [0.05, 0.1) is 29.5 Å². The lowest BCUT2D eigenvalue weighted by molar-refractivity contribution is -0.137. The van der Waals surface area contributed by atoms with Crippen molar-refractivity contribution >= 4 is 34.6 Å². The Morgan fingerprint density at radius 1 is 1.22 bits per heavy atom. The topological polar surface area (TPSA) is 69.1 Å². The lowest BCUT2D eigenvalue weighted by Crippen LogP contribution is -2.44. The van der Waals surface area contributed by atoms with E-state index in [1.54, 1.807) is 43.0 Å². The van der Waals surface area contributed by atoms with Crippen molar-refractivity contribution in [3.05, 3.63) is 53.6 Å². The maximum Gasteiger partial charge on any atom is 0.417 e. The van der Waals surface area contributed by atoms with E-state index in [9.17, 15) is 18.0 Å². The van der Waals surface area contributed by atoms with Gasteiger partial charge in [-0.1, -0.05) is 0 Å². The third-order valence-corrected chi connectivity index (χ3v) is 5.65. The van der Waals surface area contributed by atoms with Crippen molar-refractivity contribution in [1.82, 2.24) is 0 Å². The Hall–Kier alpha value is -3.16. The van der Waals surface area contributed by atoms with Crippen LogP contribution in [0.5, 0.6) is 5.75 Å². The van der Waals surface area contributed by atoms with Crippen LogP contribution in [0.15, 0.2) is 42.5 Å². The highest BCUT2D eigenvalue weighted by molar-refractivity contribution is 7.81. The SMILES string of the molecule is CC1(C)C(=O)N(c2ccc(C#N)c(C(F)(F)F)c2)C(=S)N1c1ccc(OCC2CO2)cc1. The van der Waals surface area contributed by atoms with Gasteiger partial charge >= 0.3 is 6.18 Å². The van der Waals surface area contributed by atoms with E-state index in [2.05, 4.69) is 0 Å². The zero-order valence-corrected chi connectivity index (χ0v) is 18.0. The monoisotopic (exact) mass is 461 g/mol. The summed E-state index contributed by atoms with van der Waals surface area (Å²) in [4.78, 5) is 15.9. The Balaban J connectivity index is 1.66. The molecule has 0 aliphatic carbocycles. The Morgan fingerprint density at radius 2 is 1.84 bits per heavy atom. The molecule has 2 aliphatic heterocycles. The number of hydrogen-bond acceptors (Lipinski definition) is 5. The molecule has 2 saturated heterocycles. The number of anilines is 2. The first-order chi connectivity index (χ1) is 15.0. The predicted molar refractivity (Wildman–Crippen MR) is 114 cm³/mol. The molecule has 10 heteroatoms. The minimum absolute atomic E-state index is 0.0397. The van der Waals surface area contributed by atoms with Crippen LogP contribution in [-0.4, -0.2) is 35.9 Å². The molecule has 0 N–H and O–H groups in total. The third-order valence-electron chi connectivity index (χ3n) is 5.29. The number of benzene rings is 2. The first-order valence-electron chi connectivity index (χ1n) is 9.68. The molecule has 166 valence electrons. The number of ether oxygens (including phenoxy) is 2. The van der Waals surface area contributed by atoms with Gasteiger partial charge in [0.2, 0.25) is 0 Å². The van der Waals surface area contributed by atoms with Crippen molar-refractivity contribution in [2.75, 3.05) is 23.0 Å². The van der Waals surface area contributed by atoms with Crippen LogP contribution in [-0.2, 0) is 15.7 Å². The highest BCUT2D eigenvalue weighted by Crippen LogP contribution is 2.39. The molecule has 0 spiro atoms. The minimum atomic E-state index is -4.75. The summed E-state index contributed by atoms with van der Waals surface area (Å²) in [6, 6.07) is 11.6. The van der Waals surface area contributed by atoms with Crippen LogP contribution in [0.25, 0.3) is 0 Å².